The number of halogens is 1. The summed E-state index contributed by atoms with van der Waals surface area (Å²) in [7, 11) is 0.291. The van der Waals surface area contributed by atoms with Crippen molar-refractivity contribution in [2.45, 2.75) is 0 Å². The molecule has 0 bridgehead atoms. The number of rotatable bonds is 8. The molecule has 12 heteroatoms. The van der Waals surface area contributed by atoms with Gasteiger partial charge in [0.2, 0.25) is 10.0 Å². The fourth-order valence-corrected chi connectivity index (χ4v) is 4.44. The third-order valence-electron chi connectivity index (χ3n) is 5.82. The van der Waals surface area contributed by atoms with Crippen LogP contribution in [0.5, 0.6) is 0 Å². The Hall–Kier alpha value is -4.26. The highest BCUT2D eigenvalue weighted by Crippen LogP contribution is 2.41. The summed E-state index contributed by atoms with van der Waals surface area (Å²) in [6.45, 7) is 0. The van der Waals surface area contributed by atoms with Gasteiger partial charge in [0.15, 0.2) is 0 Å². The fraction of sp³-hybridized carbons (Fsp3) is 0.154. The van der Waals surface area contributed by atoms with Crippen LogP contribution in [0, 0.1) is 5.82 Å². The number of carbonyl (C=O) groups is 2. The SMILES string of the molecule is CONC(=O)c1ccc(-c2cc3c(C(=O)NOC)c(-c4ccc(F)cc4)oc3cc2N(C)S(C)(=O)=O)cc1. The molecule has 1 heterocycles. The average molecular weight is 542 g/mol. The molecule has 2 amide bonds. The van der Waals surface area contributed by atoms with Gasteiger partial charge in [-0.1, -0.05) is 12.1 Å². The Kier molecular flexibility index (Phi) is 7.49. The highest BCUT2D eigenvalue weighted by Gasteiger charge is 2.26. The summed E-state index contributed by atoms with van der Waals surface area (Å²) in [6, 6.07) is 14.9. The first kappa shape index (κ1) is 26.8. The van der Waals surface area contributed by atoms with Crippen molar-refractivity contribution < 1.29 is 36.5 Å². The summed E-state index contributed by atoms with van der Waals surface area (Å²) in [5, 5.41) is 0.362. The van der Waals surface area contributed by atoms with Crippen molar-refractivity contribution in [2.24, 2.45) is 0 Å². The Morgan fingerprint density at radius 1 is 0.895 bits per heavy atom. The zero-order valence-electron chi connectivity index (χ0n) is 20.9. The molecule has 198 valence electrons. The number of anilines is 1. The number of amides is 2. The monoisotopic (exact) mass is 541 g/mol. The number of carbonyl (C=O) groups excluding carboxylic acids is 2. The van der Waals surface area contributed by atoms with Gasteiger partial charge in [0, 0.05) is 35.2 Å². The number of hydroxylamine groups is 2. The van der Waals surface area contributed by atoms with E-state index in [2.05, 4.69) is 15.8 Å². The summed E-state index contributed by atoms with van der Waals surface area (Å²) in [4.78, 5) is 34.6. The molecule has 38 heavy (non-hydrogen) atoms. The summed E-state index contributed by atoms with van der Waals surface area (Å²) in [5.41, 5.74) is 6.86. The van der Waals surface area contributed by atoms with E-state index in [1.54, 1.807) is 30.3 Å². The molecule has 0 radical (unpaired) electrons. The molecular formula is C26H24FN3O7S. The summed E-state index contributed by atoms with van der Waals surface area (Å²) in [5.74, 6) is -1.39. The molecule has 0 spiro atoms. The average Bonchev–Trinajstić information content (AvgIpc) is 3.26. The number of sulfonamides is 1. The zero-order chi connectivity index (χ0) is 27.6. The second-order valence-electron chi connectivity index (χ2n) is 8.26. The predicted octanol–water partition coefficient (Wildman–Crippen LogP) is 3.88. The van der Waals surface area contributed by atoms with Gasteiger partial charge in [-0.25, -0.2) is 23.8 Å². The van der Waals surface area contributed by atoms with Gasteiger partial charge in [-0.2, -0.15) is 0 Å². The maximum atomic E-state index is 13.6. The van der Waals surface area contributed by atoms with Crippen LogP contribution in [0.3, 0.4) is 0 Å². The zero-order valence-corrected chi connectivity index (χ0v) is 21.7. The van der Waals surface area contributed by atoms with E-state index in [1.807, 2.05) is 0 Å². The quantitative estimate of drug-likeness (QED) is 0.324. The van der Waals surface area contributed by atoms with Crippen molar-refractivity contribution in [2.75, 3.05) is 31.8 Å². The normalized spacial score (nSPS) is 11.4. The summed E-state index contributed by atoms with van der Waals surface area (Å²) >= 11 is 0. The van der Waals surface area contributed by atoms with E-state index in [0.717, 1.165) is 10.6 Å². The number of furan rings is 1. The van der Waals surface area contributed by atoms with Gasteiger partial charge in [0.1, 0.15) is 17.2 Å². The first-order chi connectivity index (χ1) is 18.0. The van der Waals surface area contributed by atoms with E-state index in [4.69, 9.17) is 9.25 Å². The number of hydrogen-bond acceptors (Lipinski definition) is 7. The Morgan fingerprint density at radius 3 is 2.05 bits per heavy atom. The topological polar surface area (TPSA) is 127 Å². The van der Waals surface area contributed by atoms with Crippen molar-refractivity contribution in [3.63, 3.8) is 0 Å². The van der Waals surface area contributed by atoms with Crippen LogP contribution in [-0.4, -0.2) is 47.8 Å². The highest BCUT2D eigenvalue weighted by atomic mass is 32.2. The lowest BCUT2D eigenvalue weighted by Gasteiger charge is -2.21. The van der Waals surface area contributed by atoms with Gasteiger partial charge in [-0.3, -0.25) is 23.6 Å². The number of nitrogens with one attached hydrogen (secondary N) is 2. The second-order valence-corrected chi connectivity index (χ2v) is 10.3. The van der Waals surface area contributed by atoms with Crippen molar-refractivity contribution in [1.82, 2.24) is 11.0 Å². The molecule has 4 aromatic rings. The van der Waals surface area contributed by atoms with E-state index in [0.29, 0.717) is 27.6 Å². The first-order valence-electron chi connectivity index (χ1n) is 11.1. The van der Waals surface area contributed by atoms with Crippen molar-refractivity contribution >= 4 is 38.5 Å². The molecule has 0 saturated carbocycles. The minimum Gasteiger partial charge on any atom is -0.455 e. The molecule has 0 aliphatic heterocycles. The Balaban J connectivity index is 2.00. The summed E-state index contributed by atoms with van der Waals surface area (Å²) < 4.78 is 45.7. The largest absolute Gasteiger partial charge is 0.455 e. The predicted molar refractivity (Wildman–Crippen MR) is 139 cm³/mol. The molecule has 3 aromatic carbocycles. The minimum absolute atomic E-state index is 0.111. The number of hydrogen-bond donors (Lipinski definition) is 2. The van der Waals surface area contributed by atoms with Gasteiger partial charge in [0.05, 0.1) is 31.7 Å². The molecule has 2 N–H and O–H groups in total. The highest BCUT2D eigenvalue weighted by molar-refractivity contribution is 7.92. The van der Waals surface area contributed by atoms with Gasteiger partial charge < -0.3 is 4.42 Å². The first-order valence-corrected chi connectivity index (χ1v) is 13.0. The molecule has 0 aliphatic rings. The van der Waals surface area contributed by atoms with Crippen LogP contribution in [0.15, 0.2) is 65.1 Å². The minimum atomic E-state index is -3.70. The van der Waals surface area contributed by atoms with Gasteiger partial charge >= 0.3 is 0 Å². The van der Waals surface area contributed by atoms with Crippen LogP contribution in [0.25, 0.3) is 33.4 Å². The van der Waals surface area contributed by atoms with Crippen LogP contribution in [0.2, 0.25) is 0 Å². The Morgan fingerprint density at radius 2 is 1.47 bits per heavy atom. The molecule has 1 aromatic heterocycles. The van der Waals surface area contributed by atoms with Crippen LogP contribution in [-0.2, 0) is 19.7 Å². The molecule has 0 saturated heterocycles. The molecular weight excluding hydrogens is 517 g/mol. The fourth-order valence-electron chi connectivity index (χ4n) is 3.93. The molecule has 0 unspecified atom stereocenters. The van der Waals surface area contributed by atoms with E-state index < -0.39 is 27.7 Å². The van der Waals surface area contributed by atoms with Crippen molar-refractivity contribution in [1.29, 1.82) is 0 Å². The Labute approximate surface area is 217 Å². The molecule has 10 nitrogen and oxygen atoms in total. The van der Waals surface area contributed by atoms with E-state index in [1.165, 1.54) is 51.6 Å². The molecule has 4 rings (SSSR count). The van der Waals surface area contributed by atoms with Crippen LogP contribution >= 0.6 is 0 Å². The lowest BCUT2D eigenvalue weighted by atomic mass is 9.97. The third-order valence-corrected chi connectivity index (χ3v) is 7.02. The molecule has 0 fully saturated rings. The lowest BCUT2D eigenvalue weighted by Crippen LogP contribution is -2.25. The number of fused-ring (bicyclic) bond motifs is 1. The third kappa shape index (κ3) is 5.23. The van der Waals surface area contributed by atoms with E-state index >= 15 is 0 Å². The van der Waals surface area contributed by atoms with Crippen molar-refractivity contribution in [3.05, 3.63) is 77.6 Å². The van der Waals surface area contributed by atoms with E-state index in [-0.39, 0.29) is 22.6 Å². The van der Waals surface area contributed by atoms with Gasteiger partial charge in [-0.05, 0) is 48.0 Å². The maximum Gasteiger partial charge on any atom is 0.279 e. The smallest absolute Gasteiger partial charge is 0.279 e. The van der Waals surface area contributed by atoms with Gasteiger partial charge in [-0.15, -0.1) is 0 Å². The number of benzene rings is 3. The van der Waals surface area contributed by atoms with Crippen LogP contribution < -0.4 is 15.3 Å². The standard InChI is InChI=1S/C26H24FN3O7S/c1-30(38(4,33)34)21-14-22-20(13-19(21)15-5-7-17(8-6-15)25(31)28-35-2)23(26(32)29-36-3)24(37-22)16-9-11-18(27)12-10-16/h5-14H,1-4H3,(H,28,31)(H,29,32). The molecule has 0 atom stereocenters. The van der Waals surface area contributed by atoms with E-state index in [9.17, 15) is 22.4 Å². The molecule has 0 aliphatic carbocycles. The van der Waals surface area contributed by atoms with Crippen LogP contribution in [0.1, 0.15) is 20.7 Å². The summed E-state index contributed by atoms with van der Waals surface area (Å²) in [6.07, 6.45) is 1.06. The lowest BCUT2D eigenvalue weighted by molar-refractivity contribution is 0.0534. The maximum absolute atomic E-state index is 13.6. The number of nitrogens with zero attached hydrogens (tertiary/aromatic N) is 1. The van der Waals surface area contributed by atoms with Gasteiger partial charge in [0.25, 0.3) is 11.8 Å². The Bertz CT molecular complexity index is 1620. The second kappa shape index (κ2) is 10.6. The van der Waals surface area contributed by atoms with Crippen LogP contribution in [0.4, 0.5) is 10.1 Å². The van der Waals surface area contributed by atoms with Crippen molar-refractivity contribution in [3.8, 4) is 22.5 Å².